The van der Waals surface area contributed by atoms with E-state index in [0.717, 1.165) is 0 Å². The molecule has 22 heavy (non-hydrogen) atoms. The van der Waals surface area contributed by atoms with Gasteiger partial charge in [-0.25, -0.2) is 9.37 Å². The van der Waals surface area contributed by atoms with Crippen molar-refractivity contribution in [3.05, 3.63) is 59.5 Å². The number of benzene rings is 1. The molecule has 0 bridgehead atoms. The molecule has 0 aliphatic rings. The Labute approximate surface area is 133 Å². The summed E-state index contributed by atoms with van der Waals surface area (Å²) in [7, 11) is 1.48. The molecule has 0 aliphatic heterocycles. The van der Waals surface area contributed by atoms with Crippen molar-refractivity contribution in [2.45, 2.75) is 5.75 Å². The van der Waals surface area contributed by atoms with Crippen LogP contribution in [0.5, 0.6) is 5.88 Å². The molecular formula is C16H17FN2O2S. The molecule has 4 nitrogen and oxygen atoms in total. The Morgan fingerprint density at radius 3 is 2.91 bits per heavy atom. The number of carbonyl (C=O) groups excluding carboxylic acids is 1. The minimum Gasteiger partial charge on any atom is -0.480 e. The lowest BCUT2D eigenvalue weighted by Gasteiger charge is -2.08. The van der Waals surface area contributed by atoms with Crippen LogP contribution in [-0.2, 0) is 5.75 Å². The van der Waals surface area contributed by atoms with E-state index in [2.05, 4.69) is 10.3 Å². The third kappa shape index (κ3) is 4.46. The minimum absolute atomic E-state index is 0.195. The number of ether oxygens (including phenoxy) is 1. The number of halogens is 1. The second-order valence-electron chi connectivity index (χ2n) is 4.46. The Kier molecular flexibility index (Phi) is 6.21. The van der Waals surface area contributed by atoms with Gasteiger partial charge in [0.25, 0.3) is 5.91 Å². The van der Waals surface area contributed by atoms with Crippen LogP contribution in [0.4, 0.5) is 4.39 Å². The van der Waals surface area contributed by atoms with E-state index in [-0.39, 0.29) is 11.7 Å². The Hall–Kier alpha value is -2.08. The first-order valence-electron chi connectivity index (χ1n) is 6.80. The van der Waals surface area contributed by atoms with Crippen LogP contribution in [0.25, 0.3) is 0 Å². The lowest BCUT2D eigenvalue weighted by molar-refractivity contribution is 0.0952. The fourth-order valence-electron chi connectivity index (χ4n) is 1.86. The molecule has 2 rings (SSSR count). The molecule has 0 aliphatic carbocycles. The van der Waals surface area contributed by atoms with Gasteiger partial charge in [0.15, 0.2) is 0 Å². The van der Waals surface area contributed by atoms with Crippen molar-refractivity contribution in [1.82, 2.24) is 10.3 Å². The molecule has 6 heteroatoms. The average Bonchev–Trinajstić information content (AvgIpc) is 2.56. The molecule has 0 radical (unpaired) electrons. The molecule has 1 N–H and O–H groups in total. The number of hydrogen-bond donors (Lipinski definition) is 1. The van der Waals surface area contributed by atoms with Gasteiger partial charge in [-0.15, -0.1) is 0 Å². The van der Waals surface area contributed by atoms with Crippen molar-refractivity contribution in [3.63, 3.8) is 0 Å². The number of nitrogens with zero attached hydrogens (tertiary/aromatic N) is 1. The number of nitrogens with one attached hydrogen (secondary N) is 1. The SMILES string of the molecule is COc1ncccc1C(=O)NCCSCc1ccccc1F. The summed E-state index contributed by atoms with van der Waals surface area (Å²) in [6.45, 7) is 0.496. The number of thioether (sulfide) groups is 1. The maximum absolute atomic E-state index is 13.4. The number of carbonyl (C=O) groups is 1. The van der Waals surface area contributed by atoms with Gasteiger partial charge in [0, 0.05) is 24.2 Å². The monoisotopic (exact) mass is 320 g/mol. The van der Waals surface area contributed by atoms with Gasteiger partial charge in [-0.05, 0) is 23.8 Å². The van der Waals surface area contributed by atoms with Crippen LogP contribution in [0.2, 0.25) is 0 Å². The number of methoxy groups -OCH3 is 1. The Morgan fingerprint density at radius 1 is 1.32 bits per heavy atom. The molecule has 1 heterocycles. The van der Waals surface area contributed by atoms with Crippen molar-refractivity contribution in [2.24, 2.45) is 0 Å². The van der Waals surface area contributed by atoms with Gasteiger partial charge in [-0.3, -0.25) is 4.79 Å². The van der Waals surface area contributed by atoms with E-state index in [1.54, 1.807) is 42.2 Å². The molecule has 1 aromatic carbocycles. The predicted octanol–water partition coefficient (Wildman–Crippen LogP) is 2.89. The van der Waals surface area contributed by atoms with Gasteiger partial charge in [0.2, 0.25) is 5.88 Å². The van der Waals surface area contributed by atoms with E-state index in [1.165, 1.54) is 13.2 Å². The maximum atomic E-state index is 13.4. The summed E-state index contributed by atoms with van der Waals surface area (Å²) in [5, 5.41) is 2.80. The van der Waals surface area contributed by atoms with Gasteiger partial charge in [-0.1, -0.05) is 18.2 Å². The average molecular weight is 320 g/mol. The van der Waals surface area contributed by atoms with Crippen LogP contribution in [0.15, 0.2) is 42.6 Å². The summed E-state index contributed by atoms with van der Waals surface area (Å²) in [4.78, 5) is 16.0. The van der Waals surface area contributed by atoms with Crippen LogP contribution >= 0.6 is 11.8 Å². The molecule has 116 valence electrons. The zero-order chi connectivity index (χ0) is 15.8. The highest BCUT2D eigenvalue weighted by Crippen LogP contribution is 2.15. The molecule has 0 saturated heterocycles. The second-order valence-corrected chi connectivity index (χ2v) is 5.57. The Morgan fingerprint density at radius 2 is 2.14 bits per heavy atom. The number of aromatic nitrogens is 1. The highest BCUT2D eigenvalue weighted by atomic mass is 32.2. The summed E-state index contributed by atoms with van der Waals surface area (Å²) in [6.07, 6.45) is 1.57. The highest BCUT2D eigenvalue weighted by molar-refractivity contribution is 7.98. The fourth-order valence-corrected chi connectivity index (χ4v) is 2.70. The third-order valence-electron chi connectivity index (χ3n) is 2.96. The summed E-state index contributed by atoms with van der Waals surface area (Å²) in [6, 6.07) is 10.0. The van der Waals surface area contributed by atoms with E-state index in [9.17, 15) is 9.18 Å². The first-order valence-corrected chi connectivity index (χ1v) is 7.96. The minimum atomic E-state index is -0.226. The van der Waals surface area contributed by atoms with Crippen molar-refractivity contribution >= 4 is 17.7 Å². The molecular weight excluding hydrogens is 303 g/mol. The van der Waals surface area contributed by atoms with Crippen LogP contribution in [0.3, 0.4) is 0 Å². The largest absolute Gasteiger partial charge is 0.480 e. The van der Waals surface area contributed by atoms with E-state index < -0.39 is 0 Å². The van der Waals surface area contributed by atoms with E-state index in [1.807, 2.05) is 6.07 Å². The van der Waals surface area contributed by atoms with Gasteiger partial charge < -0.3 is 10.1 Å². The molecule has 0 fully saturated rings. The van der Waals surface area contributed by atoms with Crippen molar-refractivity contribution in [1.29, 1.82) is 0 Å². The second kappa shape index (κ2) is 8.38. The van der Waals surface area contributed by atoms with E-state index in [0.29, 0.717) is 35.1 Å². The molecule has 0 spiro atoms. The Bertz CT molecular complexity index is 637. The number of hydrogen-bond acceptors (Lipinski definition) is 4. The van der Waals surface area contributed by atoms with E-state index in [4.69, 9.17) is 4.74 Å². The van der Waals surface area contributed by atoms with Crippen LogP contribution in [0.1, 0.15) is 15.9 Å². The normalized spacial score (nSPS) is 10.3. The maximum Gasteiger partial charge on any atom is 0.256 e. The van der Waals surface area contributed by atoms with Crippen LogP contribution in [0, 0.1) is 5.82 Å². The van der Waals surface area contributed by atoms with Gasteiger partial charge >= 0.3 is 0 Å². The quantitative estimate of drug-likeness (QED) is 0.797. The zero-order valence-electron chi connectivity index (χ0n) is 12.2. The smallest absolute Gasteiger partial charge is 0.256 e. The predicted molar refractivity (Wildman–Crippen MR) is 85.7 cm³/mol. The van der Waals surface area contributed by atoms with Crippen molar-refractivity contribution in [3.8, 4) is 5.88 Å². The first kappa shape index (κ1) is 16.3. The van der Waals surface area contributed by atoms with Crippen molar-refractivity contribution < 1.29 is 13.9 Å². The first-order chi connectivity index (χ1) is 10.7. The molecule has 0 saturated carbocycles. The fraction of sp³-hybridized carbons (Fsp3) is 0.250. The number of pyridine rings is 1. The molecule has 1 aromatic heterocycles. The lowest BCUT2D eigenvalue weighted by Crippen LogP contribution is -2.26. The number of rotatable bonds is 7. The van der Waals surface area contributed by atoms with Crippen LogP contribution < -0.4 is 10.1 Å². The summed E-state index contributed by atoms with van der Waals surface area (Å²) < 4.78 is 18.5. The molecule has 0 unspecified atom stereocenters. The van der Waals surface area contributed by atoms with Gasteiger partial charge in [-0.2, -0.15) is 11.8 Å². The number of amides is 1. The van der Waals surface area contributed by atoms with E-state index >= 15 is 0 Å². The summed E-state index contributed by atoms with van der Waals surface area (Å²) >= 11 is 1.57. The highest BCUT2D eigenvalue weighted by Gasteiger charge is 2.11. The van der Waals surface area contributed by atoms with Gasteiger partial charge in [0.1, 0.15) is 11.4 Å². The Balaban J connectivity index is 1.75. The lowest BCUT2D eigenvalue weighted by atomic mass is 10.2. The standard InChI is InChI=1S/C16H17FN2O2S/c1-21-16-13(6-4-8-19-16)15(20)18-9-10-22-11-12-5-2-3-7-14(12)17/h2-8H,9-11H2,1H3,(H,18,20). The molecule has 2 aromatic rings. The zero-order valence-corrected chi connectivity index (χ0v) is 13.0. The molecule has 0 atom stereocenters. The topological polar surface area (TPSA) is 51.2 Å². The molecule has 1 amide bonds. The summed E-state index contributed by atoms with van der Waals surface area (Å²) in [5.74, 6) is 1.16. The third-order valence-corrected chi connectivity index (χ3v) is 3.96. The van der Waals surface area contributed by atoms with Crippen LogP contribution in [-0.4, -0.2) is 30.3 Å². The van der Waals surface area contributed by atoms with Crippen molar-refractivity contribution in [2.75, 3.05) is 19.4 Å². The summed E-state index contributed by atoms with van der Waals surface area (Å²) in [5.41, 5.74) is 1.08. The van der Waals surface area contributed by atoms with Gasteiger partial charge in [0.05, 0.1) is 7.11 Å².